The fourth-order valence-corrected chi connectivity index (χ4v) is 3.10. The van der Waals surface area contributed by atoms with Crippen LogP contribution in [0.2, 0.25) is 0 Å². The molecule has 0 heteroatoms. The fraction of sp³-hybridized carbons (Fsp3) is 0.111. The first-order valence-electron chi connectivity index (χ1n) is 6.43. The molecular weight excluding hydrogens is 216 g/mol. The van der Waals surface area contributed by atoms with Crippen molar-refractivity contribution in [2.75, 3.05) is 0 Å². The first-order valence-corrected chi connectivity index (χ1v) is 6.43. The Morgan fingerprint density at radius 1 is 0.833 bits per heavy atom. The molecule has 0 N–H and O–H groups in total. The molecule has 0 amide bonds. The maximum Gasteiger partial charge on any atom is -0.00131 e. The van der Waals surface area contributed by atoms with Crippen molar-refractivity contribution in [3.8, 4) is 11.1 Å². The molecule has 0 saturated heterocycles. The molecule has 0 bridgehead atoms. The summed E-state index contributed by atoms with van der Waals surface area (Å²) < 4.78 is 0. The van der Waals surface area contributed by atoms with E-state index in [2.05, 4.69) is 61.5 Å². The van der Waals surface area contributed by atoms with Gasteiger partial charge in [-0.05, 0) is 46.4 Å². The van der Waals surface area contributed by atoms with Gasteiger partial charge in [-0.25, -0.2) is 0 Å². The topological polar surface area (TPSA) is 0 Å². The van der Waals surface area contributed by atoms with Crippen LogP contribution in [-0.2, 0) is 6.42 Å². The monoisotopic (exact) mass is 230 g/mol. The van der Waals surface area contributed by atoms with E-state index < -0.39 is 0 Å². The largest absolute Gasteiger partial charge is 0.0616 e. The van der Waals surface area contributed by atoms with Gasteiger partial charge in [0.25, 0.3) is 0 Å². The molecule has 0 spiro atoms. The molecule has 0 fully saturated rings. The molecule has 3 aromatic carbocycles. The molecule has 18 heavy (non-hydrogen) atoms. The highest BCUT2D eigenvalue weighted by Crippen LogP contribution is 2.41. The minimum atomic E-state index is 1.08. The Morgan fingerprint density at radius 2 is 1.72 bits per heavy atom. The minimum Gasteiger partial charge on any atom is -0.0616 e. The minimum absolute atomic E-state index is 1.08. The van der Waals surface area contributed by atoms with E-state index in [1.165, 1.54) is 38.6 Å². The lowest BCUT2D eigenvalue weighted by atomic mass is 9.98. The van der Waals surface area contributed by atoms with Gasteiger partial charge in [0.1, 0.15) is 0 Å². The lowest BCUT2D eigenvalue weighted by Crippen LogP contribution is -1.81. The zero-order valence-corrected chi connectivity index (χ0v) is 10.4. The molecule has 0 unspecified atom stereocenters. The zero-order chi connectivity index (χ0) is 12.1. The van der Waals surface area contributed by atoms with E-state index in [0.29, 0.717) is 0 Å². The van der Waals surface area contributed by atoms with Crippen molar-refractivity contribution in [1.29, 1.82) is 0 Å². The lowest BCUT2D eigenvalue weighted by Gasteiger charge is -2.06. The van der Waals surface area contributed by atoms with Gasteiger partial charge in [0.05, 0.1) is 0 Å². The van der Waals surface area contributed by atoms with E-state index >= 15 is 0 Å². The summed E-state index contributed by atoms with van der Waals surface area (Å²) in [6.45, 7) is 2.17. The summed E-state index contributed by atoms with van der Waals surface area (Å²) in [5, 5.41) is 2.72. The third-order valence-electron chi connectivity index (χ3n) is 3.93. The second kappa shape index (κ2) is 3.46. The SMILES string of the molecule is Cc1ccc2c(c1)Cc1ccc3ccccc3c1-2. The third kappa shape index (κ3) is 1.26. The summed E-state index contributed by atoms with van der Waals surface area (Å²) in [4.78, 5) is 0. The van der Waals surface area contributed by atoms with Gasteiger partial charge >= 0.3 is 0 Å². The number of aryl methyl sites for hydroxylation is 1. The first-order chi connectivity index (χ1) is 8.83. The third-order valence-corrected chi connectivity index (χ3v) is 3.93. The smallest absolute Gasteiger partial charge is 0.00131 e. The van der Waals surface area contributed by atoms with Gasteiger partial charge in [0, 0.05) is 0 Å². The van der Waals surface area contributed by atoms with Gasteiger partial charge in [-0.3, -0.25) is 0 Å². The summed E-state index contributed by atoms with van der Waals surface area (Å²) >= 11 is 0. The summed E-state index contributed by atoms with van der Waals surface area (Å²) in [7, 11) is 0. The Bertz CT molecular complexity index is 766. The van der Waals surface area contributed by atoms with Gasteiger partial charge in [-0.15, -0.1) is 0 Å². The summed E-state index contributed by atoms with van der Waals surface area (Å²) in [5.41, 5.74) is 7.16. The van der Waals surface area contributed by atoms with Crippen LogP contribution in [0.25, 0.3) is 21.9 Å². The van der Waals surface area contributed by atoms with Crippen LogP contribution in [-0.4, -0.2) is 0 Å². The molecule has 0 aromatic heterocycles. The van der Waals surface area contributed by atoms with E-state index in [1.807, 2.05) is 0 Å². The lowest BCUT2D eigenvalue weighted by molar-refractivity contribution is 1.25. The highest BCUT2D eigenvalue weighted by Gasteiger charge is 2.20. The van der Waals surface area contributed by atoms with Crippen LogP contribution in [0.3, 0.4) is 0 Å². The van der Waals surface area contributed by atoms with Gasteiger partial charge < -0.3 is 0 Å². The molecule has 3 aromatic rings. The summed E-state index contributed by atoms with van der Waals surface area (Å²) in [5.74, 6) is 0. The van der Waals surface area contributed by atoms with Crippen molar-refractivity contribution in [2.45, 2.75) is 13.3 Å². The molecule has 86 valence electrons. The van der Waals surface area contributed by atoms with Gasteiger partial charge in [-0.2, -0.15) is 0 Å². The maximum atomic E-state index is 2.32. The fourth-order valence-electron chi connectivity index (χ4n) is 3.10. The number of hydrogen-bond acceptors (Lipinski definition) is 0. The summed E-state index contributed by atoms with van der Waals surface area (Å²) in [6.07, 6.45) is 1.08. The summed E-state index contributed by atoms with van der Waals surface area (Å²) in [6, 6.07) is 20.0. The van der Waals surface area contributed by atoms with Gasteiger partial charge in [0.15, 0.2) is 0 Å². The van der Waals surface area contributed by atoms with Crippen LogP contribution in [0, 0.1) is 6.92 Å². The van der Waals surface area contributed by atoms with E-state index in [-0.39, 0.29) is 0 Å². The predicted molar refractivity (Wildman–Crippen MR) is 76.9 cm³/mol. The molecule has 0 nitrogen and oxygen atoms in total. The normalized spacial score (nSPS) is 12.5. The maximum absolute atomic E-state index is 2.32. The van der Waals surface area contributed by atoms with Crippen molar-refractivity contribution in [2.24, 2.45) is 0 Å². The van der Waals surface area contributed by atoms with Crippen LogP contribution in [0.1, 0.15) is 16.7 Å². The van der Waals surface area contributed by atoms with E-state index in [0.717, 1.165) is 6.42 Å². The number of benzene rings is 3. The van der Waals surface area contributed by atoms with Gasteiger partial charge in [-0.1, -0.05) is 60.2 Å². The molecular formula is C18H14. The van der Waals surface area contributed by atoms with Crippen molar-refractivity contribution in [1.82, 2.24) is 0 Å². The predicted octanol–water partition coefficient (Wildman–Crippen LogP) is 4.72. The van der Waals surface area contributed by atoms with Crippen molar-refractivity contribution in [3.63, 3.8) is 0 Å². The van der Waals surface area contributed by atoms with E-state index in [1.54, 1.807) is 0 Å². The second-order valence-electron chi connectivity index (χ2n) is 5.16. The number of fused-ring (bicyclic) bond motifs is 5. The number of rotatable bonds is 0. The van der Waals surface area contributed by atoms with Crippen LogP contribution < -0.4 is 0 Å². The molecule has 1 aliphatic carbocycles. The van der Waals surface area contributed by atoms with E-state index in [9.17, 15) is 0 Å². The van der Waals surface area contributed by atoms with Crippen molar-refractivity contribution < 1.29 is 0 Å². The highest BCUT2D eigenvalue weighted by atomic mass is 14.2. The van der Waals surface area contributed by atoms with Crippen LogP contribution in [0.4, 0.5) is 0 Å². The standard InChI is InChI=1S/C18H14/c1-12-6-9-17-15(10-12)11-14-8-7-13-4-2-3-5-16(13)18(14)17/h2-10H,11H2,1H3. The van der Waals surface area contributed by atoms with Crippen molar-refractivity contribution >= 4 is 10.8 Å². The zero-order valence-electron chi connectivity index (χ0n) is 10.4. The Morgan fingerprint density at radius 3 is 2.67 bits per heavy atom. The van der Waals surface area contributed by atoms with Crippen LogP contribution >= 0.6 is 0 Å². The molecule has 0 saturated carbocycles. The van der Waals surface area contributed by atoms with E-state index in [4.69, 9.17) is 0 Å². The molecule has 0 atom stereocenters. The van der Waals surface area contributed by atoms with Crippen LogP contribution in [0.5, 0.6) is 0 Å². The van der Waals surface area contributed by atoms with Crippen LogP contribution in [0.15, 0.2) is 54.6 Å². The Hall–Kier alpha value is -2.08. The Labute approximate surface area is 107 Å². The average Bonchev–Trinajstić information content (AvgIpc) is 2.76. The molecule has 0 aliphatic heterocycles. The quantitative estimate of drug-likeness (QED) is 0.410. The average molecular weight is 230 g/mol. The molecule has 0 heterocycles. The molecule has 0 radical (unpaired) electrons. The number of hydrogen-bond donors (Lipinski definition) is 0. The Kier molecular flexibility index (Phi) is 1.90. The second-order valence-corrected chi connectivity index (χ2v) is 5.16. The van der Waals surface area contributed by atoms with Gasteiger partial charge in [0.2, 0.25) is 0 Å². The molecule has 4 rings (SSSR count). The highest BCUT2D eigenvalue weighted by molar-refractivity contribution is 6.01. The van der Waals surface area contributed by atoms with Crippen molar-refractivity contribution in [3.05, 3.63) is 71.3 Å². The first kappa shape index (κ1) is 9.90. The molecule has 1 aliphatic rings. The Balaban J connectivity index is 2.12.